The van der Waals surface area contributed by atoms with Crippen molar-refractivity contribution in [2.75, 3.05) is 27.3 Å². The van der Waals surface area contributed by atoms with E-state index in [1.807, 2.05) is 6.92 Å². The molecule has 0 aliphatic heterocycles. The SMILES string of the molecule is CCNC(COC)=NC. The van der Waals surface area contributed by atoms with Crippen LogP contribution in [0.4, 0.5) is 0 Å². The highest BCUT2D eigenvalue weighted by Gasteiger charge is 1.90. The topological polar surface area (TPSA) is 33.6 Å². The molecule has 0 saturated heterocycles. The van der Waals surface area contributed by atoms with Crippen molar-refractivity contribution in [2.45, 2.75) is 6.92 Å². The van der Waals surface area contributed by atoms with Crippen LogP contribution in [0.1, 0.15) is 6.92 Å². The summed E-state index contributed by atoms with van der Waals surface area (Å²) in [5, 5.41) is 3.06. The summed E-state index contributed by atoms with van der Waals surface area (Å²) in [6, 6.07) is 0. The van der Waals surface area contributed by atoms with Crippen LogP contribution in [-0.2, 0) is 4.74 Å². The van der Waals surface area contributed by atoms with Gasteiger partial charge < -0.3 is 10.1 Å². The van der Waals surface area contributed by atoms with Crippen LogP contribution < -0.4 is 5.32 Å². The number of likely N-dealkylation sites (N-methyl/N-ethyl adjacent to an activating group) is 1. The summed E-state index contributed by atoms with van der Waals surface area (Å²) in [7, 11) is 3.40. The van der Waals surface area contributed by atoms with E-state index in [0.29, 0.717) is 6.61 Å². The van der Waals surface area contributed by atoms with Crippen molar-refractivity contribution in [3.63, 3.8) is 0 Å². The number of amidine groups is 1. The molecule has 0 radical (unpaired) electrons. The molecule has 9 heavy (non-hydrogen) atoms. The Kier molecular flexibility index (Phi) is 5.21. The van der Waals surface area contributed by atoms with E-state index in [0.717, 1.165) is 12.4 Å². The van der Waals surface area contributed by atoms with Crippen LogP contribution in [-0.4, -0.2) is 33.1 Å². The van der Waals surface area contributed by atoms with E-state index in [9.17, 15) is 0 Å². The molecule has 0 aliphatic carbocycles. The third kappa shape index (κ3) is 3.97. The molecule has 0 rings (SSSR count). The first-order valence-corrected chi connectivity index (χ1v) is 3.03. The van der Waals surface area contributed by atoms with Gasteiger partial charge in [0.05, 0.1) is 0 Å². The molecule has 1 N–H and O–H groups in total. The van der Waals surface area contributed by atoms with Crippen LogP contribution in [0.3, 0.4) is 0 Å². The van der Waals surface area contributed by atoms with Gasteiger partial charge >= 0.3 is 0 Å². The lowest BCUT2D eigenvalue weighted by Gasteiger charge is -2.03. The van der Waals surface area contributed by atoms with Gasteiger partial charge in [-0.15, -0.1) is 0 Å². The summed E-state index contributed by atoms with van der Waals surface area (Å²) in [6.07, 6.45) is 0. The lowest BCUT2D eigenvalue weighted by Crippen LogP contribution is -2.26. The van der Waals surface area contributed by atoms with Gasteiger partial charge in [0.1, 0.15) is 12.4 Å². The lowest BCUT2D eigenvalue weighted by atomic mass is 10.6. The van der Waals surface area contributed by atoms with Crippen molar-refractivity contribution < 1.29 is 4.74 Å². The lowest BCUT2D eigenvalue weighted by molar-refractivity contribution is 0.242. The zero-order valence-corrected chi connectivity index (χ0v) is 6.27. The van der Waals surface area contributed by atoms with Crippen LogP contribution in [0.2, 0.25) is 0 Å². The minimum absolute atomic E-state index is 0.574. The Labute approximate surface area is 56.1 Å². The summed E-state index contributed by atoms with van der Waals surface area (Å²) >= 11 is 0. The van der Waals surface area contributed by atoms with Gasteiger partial charge in [-0.25, -0.2) is 0 Å². The maximum Gasteiger partial charge on any atom is 0.122 e. The fraction of sp³-hybridized carbons (Fsp3) is 0.833. The highest BCUT2D eigenvalue weighted by Crippen LogP contribution is 1.72. The maximum absolute atomic E-state index is 4.85. The molecular formula is C6H14N2O. The normalized spacial score (nSPS) is 11.7. The van der Waals surface area contributed by atoms with Gasteiger partial charge in [0, 0.05) is 20.7 Å². The summed E-state index contributed by atoms with van der Waals surface area (Å²) in [5.74, 6) is 0.903. The van der Waals surface area contributed by atoms with E-state index in [-0.39, 0.29) is 0 Å². The zero-order valence-electron chi connectivity index (χ0n) is 6.27. The Balaban J connectivity index is 3.43. The van der Waals surface area contributed by atoms with E-state index in [2.05, 4.69) is 10.3 Å². The molecule has 0 aromatic carbocycles. The first kappa shape index (κ1) is 8.43. The first-order chi connectivity index (χ1) is 4.35. The van der Waals surface area contributed by atoms with Crippen LogP contribution in [0.25, 0.3) is 0 Å². The Bertz CT molecular complexity index is 83.1. The highest BCUT2D eigenvalue weighted by molar-refractivity contribution is 5.83. The maximum atomic E-state index is 4.85. The summed E-state index contributed by atoms with van der Waals surface area (Å²) < 4.78 is 4.85. The Hall–Kier alpha value is -0.570. The van der Waals surface area contributed by atoms with E-state index in [4.69, 9.17) is 4.74 Å². The van der Waals surface area contributed by atoms with Gasteiger partial charge in [-0.1, -0.05) is 0 Å². The third-order valence-electron chi connectivity index (χ3n) is 0.932. The van der Waals surface area contributed by atoms with Gasteiger partial charge in [0.2, 0.25) is 0 Å². The average Bonchev–Trinajstić information content (AvgIpc) is 1.88. The highest BCUT2D eigenvalue weighted by atomic mass is 16.5. The van der Waals surface area contributed by atoms with E-state index >= 15 is 0 Å². The quantitative estimate of drug-likeness (QED) is 0.439. The minimum atomic E-state index is 0.574. The van der Waals surface area contributed by atoms with E-state index < -0.39 is 0 Å². The largest absolute Gasteiger partial charge is 0.377 e. The van der Waals surface area contributed by atoms with E-state index in [1.54, 1.807) is 14.2 Å². The molecule has 0 aliphatic rings. The number of aliphatic imine (C=N–C) groups is 1. The second-order valence-corrected chi connectivity index (χ2v) is 1.63. The standard InChI is InChI=1S/C6H14N2O/c1-4-8-6(7-2)5-9-3/h4-5H2,1-3H3,(H,7,8). The predicted octanol–water partition coefficient (Wildman–Crippen LogP) is 0.271. The molecule has 0 saturated carbocycles. The number of nitrogens with one attached hydrogen (secondary N) is 1. The Morgan fingerprint density at radius 3 is 2.67 bits per heavy atom. The number of hydrogen-bond donors (Lipinski definition) is 1. The molecule has 0 aromatic rings. The fourth-order valence-corrected chi connectivity index (χ4v) is 0.535. The van der Waals surface area contributed by atoms with Gasteiger partial charge in [-0.05, 0) is 6.92 Å². The molecule has 0 bridgehead atoms. The van der Waals surface area contributed by atoms with Gasteiger partial charge in [0.25, 0.3) is 0 Å². The molecule has 0 fully saturated rings. The average molecular weight is 130 g/mol. The molecule has 0 heterocycles. The molecule has 0 atom stereocenters. The molecule has 3 nitrogen and oxygen atoms in total. The fourth-order valence-electron chi connectivity index (χ4n) is 0.535. The second-order valence-electron chi connectivity index (χ2n) is 1.63. The van der Waals surface area contributed by atoms with Crippen molar-refractivity contribution in [2.24, 2.45) is 4.99 Å². The second kappa shape index (κ2) is 5.56. The summed E-state index contributed by atoms with van der Waals surface area (Å²) in [4.78, 5) is 3.95. The number of nitrogens with zero attached hydrogens (tertiary/aromatic N) is 1. The monoisotopic (exact) mass is 130 g/mol. The number of rotatable bonds is 3. The Morgan fingerprint density at radius 1 is 1.67 bits per heavy atom. The molecule has 0 unspecified atom stereocenters. The van der Waals surface area contributed by atoms with Gasteiger partial charge in [-0.2, -0.15) is 0 Å². The molecule has 0 spiro atoms. The number of ether oxygens (including phenoxy) is 1. The van der Waals surface area contributed by atoms with Crippen molar-refractivity contribution in [3.8, 4) is 0 Å². The minimum Gasteiger partial charge on any atom is -0.377 e. The van der Waals surface area contributed by atoms with Gasteiger partial charge in [-0.3, -0.25) is 4.99 Å². The van der Waals surface area contributed by atoms with Crippen LogP contribution >= 0.6 is 0 Å². The molecule has 54 valence electrons. The summed E-state index contributed by atoms with van der Waals surface area (Å²) in [6.45, 7) is 3.50. The van der Waals surface area contributed by atoms with Crippen LogP contribution in [0.5, 0.6) is 0 Å². The molecule has 0 amide bonds. The van der Waals surface area contributed by atoms with Crippen molar-refractivity contribution in [3.05, 3.63) is 0 Å². The number of hydrogen-bond acceptors (Lipinski definition) is 2. The van der Waals surface area contributed by atoms with Crippen LogP contribution in [0, 0.1) is 0 Å². The third-order valence-corrected chi connectivity index (χ3v) is 0.932. The number of methoxy groups -OCH3 is 1. The first-order valence-electron chi connectivity index (χ1n) is 3.03. The molecule has 3 heteroatoms. The smallest absolute Gasteiger partial charge is 0.122 e. The van der Waals surface area contributed by atoms with Crippen LogP contribution in [0.15, 0.2) is 4.99 Å². The zero-order chi connectivity index (χ0) is 7.11. The van der Waals surface area contributed by atoms with Crippen molar-refractivity contribution >= 4 is 5.84 Å². The van der Waals surface area contributed by atoms with Crippen molar-refractivity contribution in [1.82, 2.24) is 5.32 Å². The van der Waals surface area contributed by atoms with Crippen molar-refractivity contribution in [1.29, 1.82) is 0 Å². The van der Waals surface area contributed by atoms with Gasteiger partial charge in [0.15, 0.2) is 0 Å². The molecule has 0 aromatic heterocycles. The summed E-state index contributed by atoms with van der Waals surface area (Å²) in [5.41, 5.74) is 0. The predicted molar refractivity (Wildman–Crippen MR) is 38.9 cm³/mol. The molecular weight excluding hydrogens is 116 g/mol. The Morgan fingerprint density at radius 2 is 2.33 bits per heavy atom. The van der Waals surface area contributed by atoms with E-state index in [1.165, 1.54) is 0 Å².